The third-order valence-corrected chi connectivity index (χ3v) is 14.7. The molecule has 0 heterocycles. The molecular weight excluding hydrogens is 889 g/mol. The lowest BCUT2D eigenvalue weighted by Crippen LogP contribution is -2.01. The van der Waals surface area contributed by atoms with Crippen LogP contribution in [0.15, 0.2) is 97.1 Å². The molecule has 0 aliphatic rings. The second-order valence-corrected chi connectivity index (χ2v) is 21.1. The highest BCUT2D eigenvalue weighted by molar-refractivity contribution is 5.60. The van der Waals surface area contributed by atoms with Crippen molar-refractivity contribution in [1.82, 2.24) is 0 Å². The maximum absolute atomic E-state index is 3.90. The van der Waals surface area contributed by atoms with Gasteiger partial charge >= 0.3 is 0 Å². The van der Waals surface area contributed by atoms with Gasteiger partial charge in [0.05, 0.1) is 0 Å². The van der Waals surface area contributed by atoms with Crippen molar-refractivity contribution >= 4 is 0 Å². The van der Waals surface area contributed by atoms with Gasteiger partial charge in [-0.2, -0.15) is 0 Å². The summed E-state index contributed by atoms with van der Waals surface area (Å²) >= 11 is 0. The molecule has 390 valence electrons. The Morgan fingerprint density at radius 2 is 0.405 bits per heavy atom. The van der Waals surface area contributed by atoms with E-state index >= 15 is 0 Å². The number of aryl methyl sites for hydroxylation is 6. The minimum atomic E-state index is 1.02. The minimum Gasteiger partial charge on any atom is -0.0654 e. The molecule has 0 atom stereocenters. The van der Waals surface area contributed by atoms with Crippen LogP contribution in [0, 0.1) is 47.4 Å². The molecule has 74 heavy (non-hydrogen) atoms. The van der Waals surface area contributed by atoms with E-state index in [1.54, 1.807) is 0 Å². The zero-order valence-corrected chi connectivity index (χ0v) is 47.5. The van der Waals surface area contributed by atoms with Crippen LogP contribution < -0.4 is 0 Å². The van der Waals surface area contributed by atoms with Crippen LogP contribution in [0.5, 0.6) is 0 Å². The number of hydrogen-bond donors (Lipinski definition) is 0. The first-order valence-corrected chi connectivity index (χ1v) is 30.1. The van der Waals surface area contributed by atoms with Gasteiger partial charge in [-0.3, -0.25) is 0 Å². The monoisotopic (exact) mass is 983 g/mol. The lowest BCUT2D eigenvalue weighted by Gasteiger charge is -2.14. The van der Waals surface area contributed by atoms with E-state index in [0.29, 0.717) is 0 Å². The Kier molecular flexibility index (Phi) is 29.1. The van der Waals surface area contributed by atoms with Crippen molar-refractivity contribution in [1.29, 1.82) is 0 Å². The lowest BCUT2D eigenvalue weighted by atomic mass is 9.90. The van der Waals surface area contributed by atoms with Gasteiger partial charge in [-0.25, -0.2) is 0 Å². The van der Waals surface area contributed by atoms with Gasteiger partial charge in [-0.15, -0.1) is 0 Å². The highest BCUT2D eigenvalue weighted by atomic mass is 14.2. The summed E-state index contributed by atoms with van der Waals surface area (Å²) in [5.41, 5.74) is 17.4. The Balaban J connectivity index is 1.67. The Morgan fingerprint density at radius 3 is 0.595 bits per heavy atom. The Hall–Kier alpha value is -5.66. The maximum Gasteiger partial charge on any atom is 0.0284 e. The molecule has 0 fully saturated rings. The summed E-state index contributed by atoms with van der Waals surface area (Å²) in [6.45, 7) is 13.8. The minimum absolute atomic E-state index is 1.02. The van der Waals surface area contributed by atoms with E-state index in [-0.39, 0.29) is 0 Å². The summed E-state index contributed by atoms with van der Waals surface area (Å²) in [4.78, 5) is 0. The van der Waals surface area contributed by atoms with Crippen LogP contribution in [-0.2, 0) is 38.5 Å². The molecular formula is C74H94. The number of unbranched alkanes of at least 4 members (excludes halogenated alkanes) is 18. The largest absolute Gasteiger partial charge is 0.0654 e. The van der Waals surface area contributed by atoms with Crippen molar-refractivity contribution in [2.75, 3.05) is 0 Å². The summed E-state index contributed by atoms with van der Waals surface area (Å²) < 4.78 is 0. The van der Waals surface area contributed by atoms with Crippen LogP contribution in [-0.4, -0.2) is 0 Å². The molecule has 0 nitrogen and oxygen atoms in total. The van der Waals surface area contributed by atoms with Crippen molar-refractivity contribution < 1.29 is 0 Å². The first-order valence-electron chi connectivity index (χ1n) is 30.1. The highest BCUT2D eigenvalue weighted by Gasteiger charge is 2.14. The predicted molar refractivity (Wildman–Crippen MR) is 323 cm³/mol. The number of rotatable bonds is 30. The Bertz CT molecular complexity index is 2460. The third kappa shape index (κ3) is 21.7. The SMILES string of the molecule is CCCCCCc1cc(C#Cc2cc(CCCCCC)c(C#Cc3cc(CCCCCC)c(C#Cc4ccccc4)cc3CCCCCC)cc2CCCCCC)c(CCCCCC)cc1C#Cc1ccccc1. The first kappa shape index (κ1) is 59.2. The predicted octanol–water partition coefficient (Wildman–Crippen LogP) is 20.0. The molecule has 0 saturated carbocycles. The van der Waals surface area contributed by atoms with E-state index in [2.05, 4.69) is 186 Å². The molecule has 0 N–H and O–H groups in total. The maximum atomic E-state index is 3.90. The molecule has 0 heteroatoms. The number of hydrogen-bond acceptors (Lipinski definition) is 0. The zero-order chi connectivity index (χ0) is 52.3. The van der Waals surface area contributed by atoms with Crippen LogP contribution in [0.4, 0.5) is 0 Å². The van der Waals surface area contributed by atoms with Crippen molar-refractivity contribution in [3.05, 3.63) is 175 Å². The molecule has 0 spiro atoms. The molecule has 0 radical (unpaired) electrons. The van der Waals surface area contributed by atoms with Crippen LogP contribution in [0.2, 0.25) is 0 Å². The molecule has 0 amide bonds. The second-order valence-electron chi connectivity index (χ2n) is 21.1. The molecule has 5 rings (SSSR count). The molecule has 0 unspecified atom stereocenters. The van der Waals surface area contributed by atoms with Crippen LogP contribution >= 0.6 is 0 Å². The average molecular weight is 984 g/mol. The second kappa shape index (κ2) is 36.3. The molecule has 0 aliphatic heterocycles. The smallest absolute Gasteiger partial charge is 0.0284 e. The quantitative estimate of drug-likeness (QED) is 0.0318. The van der Waals surface area contributed by atoms with Gasteiger partial charge in [-0.05, 0) is 171 Å². The van der Waals surface area contributed by atoms with E-state index in [0.717, 1.165) is 49.7 Å². The van der Waals surface area contributed by atoms with Gasteiger partial charge in [0.2, 0.25) is 0 Å². The van der Waals surface area contributed by atoms with Gasteiger partial charge in [0.25, 0.3) is 0 Å². The average Bonchev–Trinajstić information content (AvgIpc) is 3.43. The molecule has 0 bridgehead atoms. The molecule has 0 aliphatic carbocycles. The van der Waals surface area contributed by atoms with Gasteiger partial charge < -0.3 is 0 Å². The summed E-state index contributed by atoms with van der Waals surface area (Å²) in [6, 6.07) is 35.6. The van der Waals surface area contributed by atoms with Gasteiger partial charge in [0.15, 0.2) is 0 Å². The van der Waals surface area contributed by atoms with Gasteiger partial charge in [-0.1, -0.05) is 241 Å². The molecule has 0 aromatic heterocycles. The van der Waals surface area contributed by atoms with E-state index in [1.807, 2.05) is 0 Å². The fraction of sp³-hybridized carbons (Fsp3) is 0.486. The number of benzene rings is 5. The van der Waals surface area contributed by atoms with Crippen molar-refractivity contribution in [2.24, 2.45) is 0 Å². The van der Waals surface area contributed by atoms with E-state index in [9.17, 15) is 0 Å². The summed E-state index contributed by atoms with van der Waals surface area (Å²) in [5, 5.41) is 0. The summed E-state index contributed by atoms with van der Waals surface area (Å²) in [6.07, 6.45) is 35.6. The third-order valence-electron chi connectivity index (χ3n) is 14.7. The standard InChI is InChI=1S/C74H94/c1-7-13-19-31-41-63-57-71(65(43-33-21-15-9-3)55-69(63)49-47-61-37-27-25-28-38-61)51-53-73-59-68(46-36-24-18-12-6)74(60-67(73)45-35-23-17-11-5)54-52-72-58-64(42-32-20-14-8-2)70(50-48-62-39-29-26-30-40-62)56-66(72)44-34-22-16-10-4/h25-30,37-40,55-60H,7-24,31-36,41-46H2,1-6H3. The van der Waals surface area contributed by atoms with E-state index < -0.39 is 0 Å². The summed E-state index contributed by atoms with van der Waals surface area (Å²) in [7, 11) is 0. The lowest BCUT2D eigenvalue weighted by molar-refractivity contribution is 0.662. The van der Waals surface area contributed by atoms with Crippen LogP contribution in [0.3, 0.4) is 0 Å². The fourth-order valence-corrected chi connectivity index (χ4v) is 10.1. The van der Waals surface area contributed by atoms with Crippen LogP contribution in [0.1, 0.15) is 274 Å². The Labute approximate surface area is 454 Å². The van der Waals surface area contributed by atoms with Gasteiger partial charge in [0, 0.05) is 44.5 Å². The summed E-state index contributed by atoms with van der Waals surface area (Å²) in [5.74, 6) is 29.9. The highest BCUT2D eigenvalue weighted by Crippen LogP contribution is 2.26. The molecule has 0 saturated heterocycles. The van der Waals surface area contributed by atoms with E-state index in [1.165, 1.54) is 221 Å². The van der Waals surface area contributed by atoms with Crippen molar-refractivity contribution in [2.45, 2.75) is 234 Å². The topological polar surface area (TPSA) is 0 Å². The van der Waals surface area contributed by atoms with Crippen molar-refractivity contribution in [3.8, 4) is 47.4 Å². The first-order chi connectivity index (χ1) is 36.5. The van der Waals surface area contributed by atoms with E-state index in [4.69, 9.17) is 0 Å². The zero-order valence-electron chi connectivity index (χ0n) is 47.5. The van der Waals surface area contributed by atoms with Crippen molar-refractivity contribution in [3.63, 3.8) is 0 Å². The van der Waals surface area contributed by atoms with Crippen LogP contribution in [0.25, 0.3) is 0 Å². The molecule has 5 aromatic carbocycles. The van der Waals surface area contributed by atoms with Gasteiger partial charge in [0.1, 0.15) is 0 Å². The Morgan fingerprint density at radius 1 is 0.216 bits per heavy atom. The normalized spacial score (nSPS) is 10.7. The fourth-order valence-electron chi connectivity index (χ4n) is 10.1. The molecule has 5 aromatic rings.